The number of piperazine rings is 1. The highest BCUT2D eigenvalue weighted by Crippen LogP contribution is 1.98. The van der Waals surface area contributed by atoms with Crippen molar-refractivity contribution in [2.24, 2.45) is 0 Å². The number of imidazole rings is 1. The van der Waals surface area contributed by atoms with E-state index in [0.29, 0.717) is 6.04 Å². The van der Waals surface area contributed by atoms with Gasteiger partial charge in [0, 0.05) is 64.2 Å². The minimum Gasteiger partial charge on any atom is -0.336 e. The predicted molar refractivity (Wildman–Crippen MR) is 73.6 cm³/mol. The maximum Gasteiger partial charge on any atom is 0.0946 e. The van der Waals surface area contributed by atoms with E-state index < -0.39 is 0 Å². The highest BCUT2D eigenvalue weighted by atomic mass is 15.2. The third kappa shape index (κ3) is 4.40. The van der Waals surface area contributed by atoms with Crippen LogP contribution in [-0.2, 0) is 6.54 Å². The number of rotatable bonds is 6. The molecule has 102 valence electrons. The van der Waals surface area contributed by atoms with E-state index in [2.05, 4.69) is 38.6 Å². The van der Waals surface area contributed by atoms with E-state index in [1.165, 1.54) is 26.2 Å². The molecule has 1 aromatic rings. The first-order valence-corrected chi connectivity index (χ1v) is 6.84. The summed E-state index contributed by atoms with van der Waals surface area (Å²) in [6, 6.07) is 0.492. The van der Waals surface area contributed by atoms with Gasteiger partial charge in [-0.3, -0.25) is 4.90 Å². The van der Waals surface area contributed by atoms with Crippen molar-refractivity contribution in [1.29, 1.82) is 0 Å². The molecule has 1 N–H and O–H groups in total. The van der Waals surface area contributed by atoms with Crippen LogP contribution in [0.3, 0.4) is 0 Å². The molecular weight excluding hydrogens is 226 g/mol. The molecule has 1 aromatic heterocycles. The number of hydrogen-bond donors (Lipinski definition) is 1. The molecule has 0 radical (unpaired) electrons. The average molecular weight is 251 g/mol. The van der Waals surface area contributed by atoms with Gasteiger partial charge in [-0.15, -0.1) is 0 Å². The Morgan fingerprint density at radius 3 is 2.72 bits per heavy atom. The molecule has 5 nitrogen and oxygen atoms in total. The molecule has 5 heteroatoms. The van der Waals surface area contributed by atoms with Crippen LogP contribution in [0, 0.1) is 0 Å². The lowest BCUT2D eigenvalue weighted by Gasteiger charge is -2.32. The van der Waals surface area contributed by atoms with E-state index in [-0.39, 0.29) is 0 Å². The lowest BCUT2D eigenvalue weighted by Crippen LogP contribution is -2.47. The van der Waals surface area contributed by atoms with Gasteiger partial charge in [0.1, 0.15) is 0 Å². The van der Waals surface area contributed by atoms with E-state index in [1.807, 2.05) is 18.7 Å². The molecule has 0 saturated carbocycles. The van der Waals surface area contributed by atoms with Crippen LogP contribution < -0.4 is 5.32 Å². The third-order valence-corrected chi connectivity index (χ3v) is 3.56. The quantitative estimate of drug-likeness (QED) is 0.778. The summed E-state index contributed by atoms with van der Waals surface area (Å²) in [5.74, 6) is 0. The van der Waals surface area contributed by atoms with Crippen LogP contribution in [0.25, 0.3) is 0 Å². The van der Waals surface area contributed by atoms with Crippen LogP contribution in [0.5, 0.6) is 0 Å². The van der Waals surface area contributed by atoms with Gasteiger partial charge in [-0.2, -0.15) is 0 Å². The second-order valence-electron chi connectivity index (χ2n) is 5.26. The van der Waals surface area contributed by atoms with Gasteiger partial charge >= 0.3 is 0 Å². The molecule has 0 amide bonds. The van der Waals surface area contributed by atoms with Gasteiger partial charge in [-0.25, -0.2) is 4.98 Å². The molecule has 18 heavy (non-hydrogen) atoms. The molecule has 2 heterocycles. The Morgan fingerprint density at radius 2 is 2.06 bits per heavy atom. The minimum absolute atomic E-state index is 0.492. The Morgan fingerprint density at radius 1 is 1.28 bits per heavy atom. The molecule has 1 saturated heterocycles. The van der Waals surface area contributed by atoms with Crippen molar-refractivity contribution in [3.8, 4) is 0 Å². The molecule has 1 unspecified atom stereocenters. The maximum atomic E-state index is 4.06. The van der Waals surface area contributed by atoms with Crippen molar-refractivity contribution in [3.63, 3.8) is 0 Å². The molecule has 1 aliphatic heterocycles. The summed E-state index contributed by atoms with van der Waals surface area (Å²) < 4.78 is 2.12. The number of nitrogens with one attached hydrogen (secondary N) is 1. The van der Waals surface area contributed by atoms with E-state index in [9.17, 15) is 0 Å². The van der Waals surface area contributed by atoms with Crippen molar-refractivity contribution >= 4 is 0 Å². The highest BCUT2D eigenvalue weighted by Gasteiger charge is 2.13. The van der Waals surface area contributed by atoms with E-state index >= 15 is 0 Å². The standard InChI is InChI=1S/C13H25N5/c1-13(11-18-5-3-14-12-18)15-4-6-17-9-7-16(2)8-10-17/h3,5,12-13,15H,4,6-11H2,1-2H3. The third-order valence-electron chi connectivity index (χ3n) is 3.56. The average Bonchev–Trinajstić information content (AvgIpc) is 2.84. The summed E-state index contributed by atoms with van der Waals surface area (Å²) in [7, 11) is 2.20. The number of hydrogen-bond acceptors (Lipinski definition) is 4. The second kappa shape index (κ2) is 6.87. The zero-order valence-corrected chi connectivity index (χ0v) is 11.5. The molecule has 1 fully saturated rings. The van der Waals surface area contributed by atoms with E-state index in [0.717, 1.165) is 19.6 Å². The zero-order valence-electron chi connectivity index (χ0n) is 11.5. The first-order valence-electron chi connectivity index (χ1n) is 6.84. The lowest BCUT2D eigenvalue weighted by molar-refractivity contribution is 0.153. The number of likely N-dealkylation sites (N-methyl/N-ethyl adjacent to an activating group) is 1. The topological polar surface area (TPSA) is 36.3 Å². The van der Waals surface area contributed by atoms with Gasteiger partial charge < -0.3 is 14.8 Å². The highest BCUT2D eigenvalue weighted by molar-refractivity contribution is 4.77. The van der Waals surface area contributed by atoms with Crippen LogP contribution >= 0.6 is 0 Å². The van der Waals surface area contributed by atoms with Crippen molar-refractivity contribution in [2.45, 2.75) is 19.5 Å². The smallest absolute Gasteiger partial charge is 0.0946 e. The van der Waals surface area contributed by atoms with Gasteiger partial charge in [-0.05, 0) is 14.0 Å². The fraction of sp³-hybridized carbons (Fsp3) is 0.769. The summed E-state index contributed by atoms with van der Waals surface area (Å²) in [5.41, 5.74) is 0. The first-order chi connectivity index (χ1) is 8.74. The Labute approximate surface area is 110 Å². The monoisotopic (exact) mass is 251 g/mol. The molecule has 0 aromatic carbocycles. The van der Waals surface area contributed by atoms with Crippen LogP contribution in [0.15, 0.2) is 18.7 Å². The van der Waals surface area contributed by atoms with Crippen molar-refractivity contribution in [1.82, 2.24) is 24.7 Å². The van der Waals surface area contributed by atoms with Gasteiger partial charge in [0.2, 0.25) is 0 Å². The zero-order chi connectivity index (χ0) is 12.8. The number of nitrogens with zero attached hydrogens (tertiary/aromatic N) is 4. The molecule has 2 rings (SSSR count). The van der Waals surface area contributed by atoms with E-state index in [1.54, 1.807) is 0 Å². The normalized spacial score (nSPS) is 20.1. The maximum absolute atomic E-state index is 4.06. The molecular formula is C13H25N5. The summed E-state index contributed by atoms with van der Waals surface area (Å²) in [6.07, 6.45) is 5.72. The molecule has 0 aliphatic carbocycles. The summed E-state index contributed by atoms with van der Waals surface area (Å²) >= 11 is 0. The summed E-state index contributed by atoms with van der Waals surface area (Å²) in [5, 5.41) is 3.58. The fourth-order valence-electron chi connectivity index (χ4n) is 2.32. The van der Waals surface area contributed by atoms with Crippen molar-refractivity contribution in [2.75, 3.05) is 46.3 Å². The van der Waals surface area contributed by atoms with Gasteiger partial charge in [-0.1, -0.05) is 0 Å². The second-order valence-corrected chi connectivity index (χ2v) is 5.26. The van der Waals surface area contributed by atoms with Crippen molar-refractivity contribution < 1.29 is 0 Å². The molecule has 0 bridgehead atoms. The van der Waals surface area contributed by atoms with Crippen molar-refractivity contribution in [3.05, 3.63) is 18.7 Å². The largest absolute Gasteiger partial charge is 0.336 e. The summed E-state index contributed by atoms with van der Waals surface area (Å²) in [6.45, 7) is 10.2. The summed E-state index contributed by atoms with van der Waals surface area (Å²) in [4.78, 5) is 8.99. The minimum atomic E-state index is 0.492. The van der Waals surface area contributed by atoms with E-state index in [4.69, 9.17) is 0 Å². The Kier molecular flexibility index (Phi) is 5.16. The predicted octanol–water partition coefficient (Wildman–Crippen LogP) is 0.109. The SMILES string of the molecule is CC(Cn1ccnc1)NCCN1CCN(C)CC1. The van der Waals surface area contributed by atoms with Gasteiger partial charge in [0.25, 0.3) is 0 Å². The first kappa shape index (κ1) is 13.5. The Bertz CT molecular complexity index is 316. The van der Waals surface area contributed by atoms with Gasteiger partial charge in [0.15, 0.2) is 0 Å². The van der Waals surface area contributed by atoms with Crippen LogP contribution in [0.4, 0.5) is 0 Å². The lowest BCUT2D eigenvalue weighted by atomic mass is 10.3. The molecule has 0 spiro atoms. The molecule has 1 atom stereocenters. The van der Waals surface area contributed by atoms with Gasteiger partial charge in [0.05, 0.1) is 6.33 Å². The Hall–Kier alpha value is -0.910. The number of aromatic nitrogens is 2. The van der Waals surface area contributed by atoms with Crippen LogP contribution in [0.2, 0.25) is 0 Å². The Balaban J connectivity index is 1.57. The van der Waals surface area contributed by atoms with Crippen LogP contribution in [-0.4, -0.2) is 71.7 Å². The van der Waals surface area contributed by atoms with Crippen LogP contribution in [0.1, 0.15) is 6.92 Å². The fourth-order valence-corrected chi connectivity index (χ4v) is 2.32. The molecule has 1 aliphatic rings.